The van der Waals surface area contributed by atoms with Gasteiger partial charge in [-0.3, -0.25) is 4.79 Å². The van der Waals surface area contributed by atoms with Crippen LogP contribution in [-0.2, 0) is 12.1 Å². The largest absolute Gasteiger partial charge is 0.497 e. The number of carbonyl (C=O) groups excluding carboxylic acids is 1. The monoisotopic (exact) mass is 520 g/mol. The van der Waals surface area contributed by atoms with Crippen LogP contribution in [0.15, 0.2) is 18.2 Å². The van der Waals surface area contributed by atoms with Crippen LogP contribution in [0, 0.1) is 5.82 Å². The maximum Gasteiger partial charge on any atom is 0.404 e. The first kappa shape index (κ1) is 25.8. The van der Waals surface area contributed by atoms with E-state index in [0.717, 1.165) is 18.4 Å². The number of halogens is 2. The molecule has 1 aromatic heterocycles. The van der Waals surface area contributed by atoms with Crippen molar-refractivity contribution in [1.29, 1.82) is 0 Å². The molecule has 0 bridgehead atoms. The van der Waals surface area contributed by atoms with Gasteiger partial charge in [0.25, 0.3) is 5.91 Å². The zero-order valence-electron chi connectivity index (χ0n) is 20.7. The quantitative estimate of drug-likeness (QED) is 0.450. The summed E-state index contributed by atoms with van der Waals surface area (Å²) in [7, 11) is 3.08. The zero-order valence-corrected chi connectivity index (χ0v) is 21.4. The second kappa shape index (κ2) is 10.0. The summed E-state index contributed by atoms with van der Waals surface area (Å²) in [6.45, 7) is 3.66. The van der Waals surface area contributed by atoms with Gasteiger partial charge in [0.15, 0.2) is 11.6 Å². The molecular formula is C25H30ClFN4O5. The minimum absolute atomic E-state index is 0.0288. The summed E-state index contributed by atoms with van der Waals surface area (Å²) in [5.41, 5.74) is -0.141. The van der Waals surface area contributed by atoms with Crippen LogP contribution in [0.2, 0.25) is 5.15 Å². The van der Waals surface area contributed by atoms with Crippen LogP contribution in [0.4, 0.5) is 15.0 Å². The Morgan fingerprint density at radius 2 is 1.94 bits per heavy atom. The summed E-state index contributed by atoms with van der Waals surface area (Å²) in [6, 6.07) is 4.54. The van der Waals surface area contributed by atoms with Crippen molar-refractivity contribution in [3.8, 4) is 11.5 Å². The number of hydrogen-bond acceptors (Lipinski definition) is 6. The summed E-state index contributed by atoms with van der Waals surface area (Å²) in [6.07, 6.45) is 1.88. The minimum Gasteiger partial charge on any atom is -0.497 e. The number of rotatable bonds is 7. The van der Waals surface area contributed by atoms with Gasteiger partial charge in [0.1, 0.15) is 16.7 Å². The van der Waals surface area contributed by atoms with Gasteiger partial charge >= 0.3 is 6.09 Å². The number of nitrogens with zero attached hydrogens (tertiary/aromatic N) is 2. The third-order valence-corrected chi connectivity index (χ3v) is 7.33. The number of amides is 2. The average Bonchev–Trinajstić information content (AvgIpc) is 3.04. The van der Waals surface area contributed by atoms with E-state index in [2.05, 4.69) is 15.6 Å². The van der Waals surface area contributed by atoms with Gasteiger partial charge in [-0.05, 0) is 38.8 Å². The molecule has 4 rings (SSSR count). The lowest BCUT2D eigenvalue weighted by atomic mass is 9.90. The number of pyridine rings is 1. The Kier molecular flexibility index (Phi) is 7.17. The first-order valence-corrected chi connectivity index (χ1v) is 12.1. The number of aromatic nitrogens is 1. The molecule has 11 heteroatoms. The molecule has 0 unspecified atom stereocenters. The Morgan fingerprint density at radius 3 is 2.58 bits per heavy atom. The molecule has 2 amide bonds. The Balaban J connectivity index is 1.68. The Bertz CT molecular complexity index is 1190. The fourth-order valence-electron chi connectivity index (χ4n) is 5.16. The van der Waals surface area contributed by atoms with Crippen LogP contribution in [0.1, 0.15) is 61.0 Å². The maximum atomic E-state index is 16.0. The first-order valence-electron chi connectivity index (χ1n) is 11.8. The number of anilines is 1. The van der Waals surface area contributed by atoms with Gasteiger partial charge in [-0.25, -0.2) is 14.2 Å². The molecule has 2 aromatic rings. The zero-order chi connectivity index (χ0) is 26.2. The molecule has 0 spiro atoms. The highest BCUT2D eigenvalue weighted by Gasteiger charge is 2.48. The van der Waals surface area contributed by atoms with Gasteiger partial charge < -0.3 is 30.1 Å². The van der Waals surface area contributed by atoms with Crippen LogP contribution in [0.25, 0.3) is 0 Å². The normalized spacial score (nSPS) is 20.6. The molecule has 194 valence electrons. The summed E-state index contributed by atoms with van der Waals surface area (Å²) >= 11 is 6.46. The number of hydrogen-bond donors (Lipinski definition) is 3. The smallest absolute Gasteiger partial charge is 0.404 e. The Hall–Kier alpha value is -3.27. The lowest BCUT2D eigenvalue weighted by Gasteiger charge is -2.34. The van der Waals surface area contributed by atoms with Crippen LogP contribution in [-0.4, -0.2) is 53.3 Å². The van der Waals surface area contributed by atoms with Crippen molar-refractivity contribution in [3.63, 3.8) is 0 Å². The maximum absolute atomic E-state index is 16.0. The van der Waals surface area contributed by atoms with Crippen molar-refractivity contribution in [2.75, 3.05) is 19.5 Å². The van der Waals surface area contributed by atoms with Crippen molar-refractivity contribution in [2.24, 2.45) is 0 Å². The average molecular weight is 521 g/mol. The molecule has 2 heterocycles. The minimum atomic E-state index is -1.13. The standard InChI is InChI=1S/C25H30ClFN4O5/c1-25(2)19-18(23(32)31(25)12-13-9-10-14(35-3)11-17(13)36-4)21(26)30-22(20(19)27)28-15-7-5-6-8-16(15)29-24(33)34/h9-11,15-16,29H,5-8,12H2,1-4H3,(H,28,30)(H,33,34)/t15-,16+/m1/s1. The van der Waals surface area contributed by atoms with E-state index in [4.69, 9.17) is 21.1 Å². The third-order valence-electron chi connectivity index (χ3n) is 7.06. The molecular weight excluding hydrogens is 491 g/mol. The van der Waals surface area contributed by atoms with E-state index in [1.807, 2.05) is 0 Å². The molecule has 2 aliphatic rings. The molecule has 2 atom stereocenters. The molecule has 36 heavy (non-hydrogen) atoms. The van der Waals surface area contributed by atoms with E-state index >= 15 is 4.39 Å². The Labute approximate surface area is 213 Å². The highest BCUT2D eigenvalue weighted by molar-refractivity contribution is 6.33. The summed E-state index contributed by atoms with van der Waals surface area (Å²) in [5, 5.41) is 14.6. The summed E-state index contributed by atoms with van der Waals surface area (Å²) < 4.78 is 26.7. The van der Waals surface area contributed by atoms with Crippen molar-refractivity contribution < 1.29 is 28.6 Å². The molecule has 9 nitrogen and oxygen atoms in total. The van der Waals surface area contributed by atoms with Crippen LogP contribution in [0.3, 0.4) is 0 Å². The van der Waals surface area contributed by atoms with Gasteiger partial charge in [0, 0.05) is 23.2 Å². The topological polar surface area (TPSA) is 113 Å². The lowest BCUT2D eigenvalue weighted by Crippen LogP contribution is -2.48. The van der Waals surface area contributed by atoms with Crippen LogP contribution >= 0.6 is 11.6 Å². The van der Waals surface area contributed by atoms with E-state index in [1.165, 1.54) is 12.0 Å². The van der Waals surface area contributed by atoms with Crippen molar-refractivity contribution in [2.45, 2.75) is 63.7 Å². The molecule has 3 N–H and O–H groups in total. The molecule has 1 aliphatic heterocycles. The molecule has 1 saturated carbocycles. The lowest BCUT2D eigenvalue weighted by molar-refractivity contribution is 0.0590. The number of carbonyl (C=O) groups is 2. The molecule has 1 fully saturated rings. The number of methoxy groups -OCH3 is 2. The summed E-state index contributed by atoms with van der Waals surface area (Å²) in [4.78, 5) is 30.4. The van der Waals surface area contributed by atoms with Gasteiger partial charge in [-0.1, -0.05) is 24.4 Å². The van der Waals surface area contributed by atoms with Gasteiger partial charge in [-0.2, -0.15) is 0 Å². The number of carboxylic acid groups (broad SMARTS) is 1. The van der Waals surface area contributed by atoms with Crippen LogP contribution < -0.4 is 20.1 Å². The molecule has 0 radical (unpaired) electrons. The van der Waals surface area contributed by atoms with Crippen LogP contribution in [0.5, 0.6) is 11.5 Å². The molecule has 1 aliphatic carbocycles. The van der Waals surface area contributed by atoms with E-state index in [1.54, 1.807) is 39.2 Å². The number of fused-ring (bicyclic) bond motifs is 1. The second-order valence-corrected chi connectivity index (χ2v) is 9.89. The molecule has 0 saturated heterocycles. The van der Waals surface area contributed by atoms with Gasteiger partial charge in [-0.15, -0.1) is 0 Å². The van der Waals surface area contributed by atoms with E-state index < -0.39 is 29.4 Å². The third kappa shape index (κ3) is 4.61. The van der Waals surface area contributed by atoms with Gasteiger partial charge in [0.05, 0.1) is 37.9 Å². The SMILES string of the molecule is COc1ccc(CN2C(=O)c3c(Cl)nc(N[C@@H]4CCCC[C@@H]4NC(=O)O)c(F)c3C2(C)C)c(OC)c1. The second-order valence-electron chi connectivity index (χ2n) is 9.53. The number of ether oxygens (including phenoxy) is 2. The highest BCUT2D eigenvalue weighted by Crippen LogP contribution is 2.45. The first-order chi connectivity index (χ1) is 17.1. The van der Waals surface area contributed by atoms with Gasteiger partial charge in [0.2, 0.25) is 0 Å². The van der Waals surface area contributed by atoms with Crippen molar-refractivity contribution >= 4 is 29.4 Å². The predicted molar refractivity (Wildman–Crippen MR) is 132 cm³/mol. The summed E-state index contributed by atoms with van der Waals surface area (Å²) in [5.74, 6) is -0.0448. The van der Waals surface area contributed by atoms with Crippen molar-refractivity contribution in [1.82, 2.24) is 15.2 Å². The number of benzene rings is 1. The van der Waals surface area contributed by atoms with E-state index in [9.17, 15) is 14.7 Å². The predicted octanol–water partition coefficient (Wildman–Crippen LogP) is 4.77. The van der Waals surface area contributed by atoms with Crippen molar-refractivity contribution in [3.05, 3.63) is 45.9 Å². The Morgan fingerprint density at radius 1 is 1.25 bits per heavy atom. The van der Waals surface area contributed by atoms with E-state index in [0.29, 0.717) is 24.3 Å². The van der Waals surface area contributed by atoms with E-state index in [-0.39, 0.29) is 34.7 Å². The number of nitrogens with one attached hydrogen (secondary N) is 2. The fourth-order valence-corrected chi connectivity index (χ4v) is 5.42. The fraction of sp³-hybridized carbons (Fsp3) is 0.480. The highest BCUT2D eigenvalue weighted by atomic mass is 35.5. The molecule has 1 aromatic carbocycles.